The molecule has 0 saturated carbocycles. The van der Waals surface area contributed by atoms with Crippen LogP contribution in [-0.4, -0.2) is 22.6 Å². The van der Waals surface area contributed by atoms with Crippen LogP contribution in [0.1, 0.15) is 34.3 Å². The van der Waals surface area contributed by atoms with Crippen LogP contribution in [0.2, 0.25) is 5.02 Å². The summed E-state index contributed by atoms with van der Waals surface area (Å²) < 4.78 is 0. The number of aromatic carboxylic acids is 1. The number of benzene rings is 1. The van der Waals surface area contributed by atoms with Crippen molar-refractivity contribution < 1.29 is 9.90 Å². The number of hydrogen-bond donors (Lipinski definition) is 3. The average molecular weight is 363 g/mol. The van der Waals surface area contributed by atoms with Gasteiger partial charge in [0.05, 0.1) is 26.7 Å². The number of nitrogens with two attached hydrogens (primary N) is 1. The molecule has 4 nitrogen and oxygen atoms in total. The number of carbonyl (C=O) groups is 1. The average Bonchev–Trinajstić information content (AvgIpc) is 3.12. The Kier molecular flexibility index (Phi) is 4.94. The van der Waals surface area contributed by atoms with Gasteiger partial charge in [0.1, 0.15) is 0 Å². The third kappa shape index (κ3) is 3.07. The van der Waals surface area contributed by atoms with Crippen molar-refractivity contribution in [3.8, 4) is 10.6 Å². The molecule has 0 spiro atoms. The van der Waals surface area contributed by atoms with E-state index >= 15 is 0 Å². The molecule has 3 rings (SSSR count). The number of H-pyrrole nitrogens is 1. The normalized spacial score (nSPS) is 11.3. The van der Waals surface area contributed by atoms with Crippen LogP contribution in [0.15, 0.2) is 23.6 Å². The van der Waals surface area contributed by atoms with Gasteiger partial charge < -0.3 is 15.8 Å². The number of aromatic amines is 1. The standard InChI is InChI=1S/C18H19ClN2O2S/c1-10-8-14(24-9-10)16-11(4-2-3-7-20)15-12(18(22)23)5-6-13(19)17(15)21-16/h5-6,8-9,21H,2-4,7,20H2,1H3,(H,22,23). The summed E-state index contributed by atoms with van der Waals surface area (Å²) >= 11 is 7.98. The second kappa shape index (κ2) is 6.97. The summed E-state index contributed by atoms with van der Waals surface area (Å²) in [6, 6.07) is 5.32. The first kappa shape index (κ1) is 17.0. The van der Waals surface area contributed by atoms with Crippen LogP contribution in [0.25, 0.3) is 21.5 Å². The molecule has 2 aromatic heterocycles. The van der Waals surface area contributed by atoms with Crippen molar-refractivity contribution in [2.45, 2.75) is 26.2 Å². The van der Waals surface area contributed by atoms with Crippen molar-refractivity contribution in [1.29, 1.82) is 0 Å². The van der Waals surface area contributed by atoms with E-state index < -0.39 is 5.97 Å². The van der Waals surface area contributed by atoms with E-state index in [9.17, 15) is 9.90 Å². The van der Waals surface area contributed by atoms with Crippen LogP contribution < -0.4 is 5.73 Å². The molecule has 0 saturated heterocycles. The van der Waals surface area contributed by atoms with Gasteiger partial charge in [-0.25, -0.2) is 4.79 Å². The minimum absolute atomic E-state index is 0.285. The molecule has 6 heteroatoms. The molecule has 0 atom stereocenters. The zero-order chi connectivity index (χ0) is 17.3. The largest absolute Gasteiger partial charge is 0.478 e. The van der Waals surface area contributed by atoms with Gasteiger partial charge in [0.2, 0.25) is 0 Å². The Labute approximate surface area is 149 Å². The van der Waals surface area contributed by atoms with Crippen LogP contribution in [0, 0.1) is 6.92 Å². The summed E-state index contributed by atoms with van der Waals surface area (Å²) in [5.41, 5.74) is 9.76. The van der Waals surface area contributed by atoms with E-state index in [-0.39, 0.29) is 5.56 Å². The van der Waals surface area contributed by atoms with Gasteiger partial charge >= 0.3 is 5.97 Å². The predicted molar refractivity (Wildman–Crippen MR) is 100 cm³/mol. The molecule has 24 heavy (non-hydrogen) atoms. The van der Waals surface area contributed by atoms with Gasteiger partial charge in [-0.2, -0.15) is 0 Å². The fourth-order valence-corrected chi connectivity index (χ4v) is 4.12. The number of hydrogen-bond acceptors (Lipinski definition) is 3. The van der Waals surface area contributed by atoms with Gasteiger partial charge in [0.15, 0.2) is 0 Å². The van der Waals surface area contributed by atoms with Crippen molar-refractivity contribution >= 4 is 39.8 Å². The number of carboxylic acids is 1. The number of aryl methyl sites for hydroxylation is 2. The van der Waals surface area contributed by atoms with E-state index in [1.54, 1.807) is 23.5 Å². The van der Waals surface area contributed by atoms with Crippen molar-refractivity contribution in [2.24, 2.45) is 5.73 Å². The first-order valence-corrected chi connectivity index (χ1v) is 9.10. The SMILES string of the molecule is Cc1csc(-c2[nH]c3c(Cl)ccc(C(=O)O)c3c2CCCCN)c1. The van der Waals surface area contributed by atoms with Crippen molar-refractivity contribution in [1.82, 2.24) is 4.98 Å². The summed E-state index contributed by atoms with van der Waals surface area (Å²) in [5.74, 6) is -0.940. The molecule has 0 radical (unpaired) electrons. The van der Waals surface area contributed by atoms with Gasteiger partial charge in [-0.1, -0.05) is 11.6 Å². The highest BCUT2D eigenvalue weighted by Gasteiger charge is 2.21. The number of aromatic nitrogens is 1. The topological polar surface area (TPSA) is 79.1 Å². The maximum absolute atomic E-state index is 11.7. The second-order valence-electron chi connectivity index (χ2n) is 5.86. The smallest absolute Gasteiger partial charge is 0.336 e. The molecule has 4 N–H and O–H groups in total. The van der Waals surface area contributed by atoms with E-state index in [4.69, 9.17) is 17.3 Å². The molecular formula is C18H19ClN2O2S. The molecular weight excluding hydrogens is 344 g/mol. The summed E-state index contributed by atoms with van der Waals surface area (Å²) in [5, 5.41) is 12.9. The van der Waals surface area contributed by atoms with Crippen LogP contribution in [-0.2, 0) is 6.42 Å². The van der Waals surface area contributed by atoms with Crippen LogP contribution in [0.5, 0.6) is 0 Å². The van der Waals surface area contributed by atoms with Gasteiger partial charge in [-0.05, 0) is 67.4 Å². The number of unbranched alkanes of at least 4 members (excludes halogenated alkanes) is 1. The molecule has 0 aliphatic rings. The Hall–Kier alpha value is -1.82. The summed E-state index contributed by atoms with van der Waals surface area (Å²) in [4.78, 5) is 16.1. The van der Waals surface area contributed by atoms with Crippen molar-refractivity contribution in [3.63, 3.8) is 0 Å². The highest BCUT2D eigenvalue weighted by atomic mass is 35.5. The lowest BCUT2D eigenvalue weighted by molar-refractivity contribution is 0.0699. The lowest BCUT2D eigenvalue weighted by Crippen LogP contribution is -2.01. The van der Waals surface area contributed by atoms with Gasteiger partial charge in [-0.3, -0.25) is 0 Å². The predicted octanol–water partition coefficient (Wildman–Crippen LogP) is 4.84. The summed E-state index contributed by atoms with van der Waals surface area (Å²) in [7, 11) is 0. The molecule has 0 aliphatic heterocycles. The molecule has 3 aromatic rings. The quantitative estimate of drug-likeness (QED) is 0.549. The van der Waals surface area contributed by atoms with Crippen molar-refractivity contribution in [3.05, 3.63) is 45.3 Å². The van der Waals surface area contributed by atoms with E-state index in [0.717, 1.165) is 35.4 Å². The van der Waals surface area contributed by atoms with Gasteiger partial charge in [0.25, 0.3) is 0 Å². The third-order valence-electron chi connectivity index (χ3n) is 4.10. The second-order valence-corrected chi connectivity index (χ2v) is 7.18. The fraction of sp³-hybridized carbons (Fsp3) is 0.278. The molecule has 0 amide bonds. The van der Waals surface area contributed by atoms with E-state index in [0.29, 0.717) is 22.5 Å². The number of rotatable bonds is 6. The lowest BCUT2D eigenvalue weighted by atomic mass is 9.99. The number of thiophene rings is 1. The Balaban J connectivity index is 2.26. The molecule has 2 heterocycles. The zero-order valence-corrected chi connectivity index (χ0v) is 14.9. The van der Waals surface area contributed by atoms with E-state index in [1.165, 1.54) is 5.56 Å². The minimum Gasteiger partial charge on any atom is -0.478 e. The highest BCUT2D eigenvalue weighted by Crippen LogP contribution is 2.39. The number of carboxylic acid groups (broad SMARTS) is 1. The Bertz CT molecular complexity index is 898. The highest BCUT2D eigenvalue weighted by molar-refractivity contribution is 7.13. The molecule has 1 aromatic carbocycles. The zero-order valence-electron chi connectivity index (χ0n) is 13.4. The Morgan fingerprint density at radius 2 is 2.17 bits per heavy atom. The number of nitrogens with one attached hydrogen (secondary N) is 1. The van der Waals surface area contributed by atoms with Crippen LogP contribution in [0.3, 0.4) is 0 Å². The number of halogens is 1. The maximum Gasteiger partial charge on any atom is 0.336 e. The van der Waals surface area contributed by atoms with E-state index in [2.05, 4.69) is 16.4 Å². The molecule has 126 valence electrons. The first-order chi connectivity index (χ1) is 11.5. The van der Waals surface area contributed by atoms with E-state index in [1.807, 2.05) is 6.92 Å². The molecule has 0 fully saturated rings. The fourth-order valence-electron chi connectivity index (χ4n) is 2.99. The van der Waals surface area contributed by atoms with Crippen LogP contribution >= 0.6 is 22.9 Å². The monoisotopic (exact) mass is 362 g/mol. The van der Waals surface area contributed by atoms with Gasteiger partial charge in [-0.15, -0.1) is 11.3 Å². The molecule has 0 bridgehead atoms. The van der Waals surface area contributed by atoms with Crippen LogP contribution in [0.4, 0.5) is 0 Å². The minimum atomic E-state index is -0.940. The Morgan fingerprint density at radius 3 is 2.79 bits per heavy atom. The van der Waals surface area contributed by atoms with Gasteiger partial charge in [0, 0.05) is 5.39 Å². The molecule has 0 unspecified atom stereocenters. The molecule has 0 aliphatic carbocycles. The maximum atomic E-state index is 11.7. The summed E-state index contributed by atoms with van der Waals surface area (Å²) in [6.07, 6.45) is 2.58. The summed E-state index contributed by atoms with van der Waals surface area (Å²) in [6.45, 7) is 2.68. The Morgan fingerprint density at radius 1 is 1.38 bits per heavy atom. The number of fused-ring (bicyclic) bond motifs is 1. The first-order valence-electron chi connectivity index (χ1n) is 7.85. The third-order valence-corrected chi connectivity index (χ3v) is 5.48. The lowest BCUT2D eigenvalue weighted by Gasteiger charge is -2.05. The van der Waals surface area contributed by atoms with Crippen molar-refractivity contribution in [2.75, 3.05) is 6.54 Å².